The summed E-state index contributed by atoms with van der Waals surface area (Å²) in [6.45, 7) is 4.17. The fourth-order valence-electron chi connectivity index (χ4n) is 4.00. The lowest BCUT2D eigenvalue weighted by atomic mass is 10.1. The van der Waals surface area contributed by atoms with E-state index in [1.54, 1.807) is 18.2 Å². The Hall–Kier alpha value is -3.01. The van der Waals surface area contributed by atoms with Crippen LogP contribution in [0.3, 0.4) is 0 Å². The lowest BCUT2D eigenvalue weighted by Gasteiger charge is -2.17. The SMILES string of the molecule is Cc1cccc(N=C2S[C@@H](CC(=O)Nc3cccc(C(F)(F)F)c3)C(=O)N2CCc2ccc(Cl)cc2Cl)c1C. The molecule has 1 saturated heterocycles. The van der Waals surface area contributed by atoms with Gasteiger partial charge in [0.15, 0.2) is 5.17 Å². The number of carbonyl (C=O) groups excluding carboxylic acids is 2. The van der Waals surface area contributed by atoms with E-state index < -0.39 is 22.9 Å². The number of aliphatic imine (C=N–C) groups is 1. The van der Waals surface area contributed by atoms with Crippen molar-refractivity contribution < 1.29 is 22.8 Å². The Morgan fingerprint density at radius 3 is 2.54 bits per heavy atom. The predicted octanol–water partition coefficient (Wildman–Crippen LogP) is 7.83. The quantitative estimate of drug-likeness (QED) is 0.303. The summed E-state index contributed by atoms with van der Waals surface area (Å²) in [6.07, 6.45) is -4.34. The number of rotatable bonds is 7. The van der Waals surface area contributed by atoms with E-state index in [0.29, 0.717) is 27.3 Å². The number of benzene rings is 3. The fraction of sp³-hybridized carbons (Fsp3) is 0.250. The van der Waals surface area contributed by atoms with Gasteiger partial charge in [-0.25, -0.2) is 4.99 Å². The molecule has 0 radical (unpaired) electrons. The Balaban J connectivity index is 1.55. The zero-order valence-electron chi connectivity index (χ0n) is 21.0. The summed E-state index contributed by atoms with van der Waals surface area (Å²) in [5.41, 5.74) is 2.64. The number of anilines is 1. The maximum Gasteiger partial charge on any atom is 0.416 e. The summed E-state index contributed by atoms with van der Waals surface area (Å²) in [5.74, 6) is -0.887. The van der Waals surface area contributed by atoms with Gasteiger partial charge >= 0.3 is 6.18 Å². The monoisotopic (exact) mass is 593 g/mol. The number of amidine groups is 1. The van der Waals surface area contributed by atoms with Gasteiger partial charge in [0.25, 0.3) is 0 Å². The van der Waals surface area contributed by atoms with Gasteiger partial charge in [0.1, 0.15) is 5.25 Å². The van der Waals surface area contributed by atoms with Gasteiger partial charge in [-0.15, -0.1) is 0 Å². The highest BCUT2D eigenvalue weighted by Gasteiger charge is 2.39. The third-order valence-electron chi connectivity index (χ3n) is 6.28. The van der Waals surface area contributed by atoms with Crippen molar-refractivity contribution in [1.29, 1.82) is 0 Å². The van der Waals surface area contributed by atoms with Crippen LogP contribution < -0.4 is 5.32 Å². The molecule has 3 aromatic rings. The molecule has 1 aliphatic rings. The number of alkyl halides is 3. The van der Waals surface area contributed by atoms with Crippen LogP contribution in [0.15, 0.2) is 65.7 Å². The van der Waals surface area contributed by atoms with Crippen LogP contribution in [0.4, 0.5) is 24.5 Å². The van der Waals surface area contributed by atoms with E-state index in [-0.39, 0.29) is 24.6 Å². The molecule has 4 rings (SSSR count). The molecule has 0 saturated carbocycles. The first-order chi connectivity index (χ1) is 18.4. The number of carbonyl (C=O) groups is 2. The van der Waals surface area contributed by atoms with E-state index in [0.717, 1.165) is 40.6 Å². The molecule has 0 bridgehead atoms. The minimum absolute atomic E-state index is 0.00350. The second-order valence-electron chi connectivity index (χ2n) is 9.03. The van der Waals surface area contributed by atoms with Crippen LogP contribution in [0, 0.1) is 13.8 Å². The minimum Gasteiger partial charge on any atom is -0.326 e. The van der Waals surface area contributed by atoms with Crippen LogP contribution in [-0.2, 0) is 22.2 Å². The Morgan fingerprint density at radius 2 is 1.82 bits per heavy atom. The number of nitrogens with one attached hydrogen (secondary N) is 1. The van der Waals surface area contributed by atoms with Gasteiger partial charge in [-0.2, -0.15) is 13.2 Å². The van der Waals surface area contributed by atoms with Crippen LogP contribution in [-0.4, -0.2) is 33.7 Å². The number of nitrogens with zero attached hydrogens (tertiary/aromatic N) is 2. The van der Waals surface area contributed by atoms with Crippen molar-refractivity contribution >= 4 is 63.3 Å². The molecule has 0 aromatic heterocycles. The van der Waals surface area contributed by atoms with Gasteiger partial charge in [-0.3, -0.25) is 14.5 Å². The molecule has 0 spiro atoms. The van der Waals surface area contributed by atoms with E-state index in [9.17, 15) is 22.8 Å². The highest BCUT2D eigenvalue weighted by atomic mass is 35.5. The second kappa shape index (κ2) is 12.0. The predicted molar refractivity (Wildman–Crippen MR) is 151 cm³/mol. The van der Waals surface area contributed by atoms with Crippen molar-refractivity contribution in [3.63, 3.8) is 0 Å². The number of thioether (sulfide) groups is 1. The standard InChI is InChI=1S/C28H24Cl2F3N3O2S/c1-16-5-3-8-23(17(16)2)35-27-36(12-11-18-9-10-20(29)14-22(18)30)26(38)24(39-27)15-25(37)34-21-7-4-6-19(13-21)28(31,32)33/h3-10,13-14,24H,11-12,15H2,1-2H3,(H,34,37)/t24-/m0/s1. The number of amides is 2. The molecule has 3 aromatic carbocycles. The molecule has 1 fully saturated rings. The lowest BCUT2D eigenvalue weighted by Crippen LogP contribution is -2.35. The molecule has 1 aliphatic heterocycles. The van der Waals surface area contributed by atoms with Crippen LogP contribution >= 0.6 is 35.0 Å². The van der Waals surface area contributed by atoms with Crippen molar-refractivity contribution in [3.8, 4) is 0 Å². The molecule has 1 atom stereocenters. The minimum atomic E-state index is -4.54. The van der Waals surface area contributed by atoms with Crippen molar-refractivity contribution in [2.24, 2.45) is 4.99 Å². The third-order valence-corrected chi connectivity index (χ3v) is 8.04. The molecule has 0 aliphatic carbocycles. The highest BCUT2D eigenvalue weighted by Crippen LogP contribution is 2.34. The van der Waals surface area contributed by atoms with Crippen molar-refractivity contribution in [2.45, 2.75) is 38.1 Å². The Kier molecular flexibility index (Phi) is 8.93. The zero-order valence-corrected chi connectivity index (χ0v) is 23.3. The molecule has 2 amide bonds. The highest BCUT2D eigenvalue weighted by molar-refractivity contribution is 8.15. The molecular weight excluding hydrogens is 570 g/mol. The second-order valence-corrected chi connectivity index (χ2v) is 11.0. The summed E-state index contributed by atoms with van der Waals surface area (Å²) in [4.78, 5) is 32.5. The summed E-state index contributed by atoms with van der Waals surface area (Å²) in [7, 11) is 0. The van der Waals surface area contributed by atoms with Gasteiger partial charge in [0.2, 0.25) is 11.8 Å². The topological polar surface area (TPSA) is 61.8 Å². The number of aryl methyl sites for hydroxylation is 1. The van der Waals surface area contributed by atoms with Gasteiger partial charge < -0.3 is 5.32 Å². The Labute approximate surface area is 238 Å². The van der Waals surface area contributed by atoms with E-state index in [2.05, 4.69) is 5.32 Å². The average molecular weight is 594 g/mol. The van der Waals surface area contributed by atoms with E-state index in [1.807, 2.05) is 32.0 Å². The summed E-state index contributed by atoms with van der Waals surface area (Å²) < 4.78 is 39.1. The first-order valence-corrected chi connectivity index (χ1v) is 13.6. The number of hydrogen-bond donors (Lipinski definition) is 1. The van der Waals surface area contributed by atoms with Crippen molar-refractivity contribution in [2.75, 3.05) is 11.9 Å². The van der Waals surface area contributed by atoms with Gasteiger partial charge in [0, 0.05) is 28.7 Å². The number of halogens is 5. The van der Waals surface area contributed by atoms with Crippen molar-refractivity contribution in [1.82, 2.24) is 4.90 Å². The molecule has 11 heteroatoms. The largest absolute Gasteiger partial charge is 0.416 e. The molecular formula is C28H24Cl2F3N3O2S. The maximum atomic E-state index is 13.4. The fourth-order valence-corrected chi connectivity index (χ4v) is 5.68. The molecule has 39 heavy (non-hydrogen) atoms. The summed E-state index contributed by atoms with van der Waals surface area (Å²) in [5, 5.41) is 3.10. The normalized spacial score (nSPS) is 16.7. The van der Waals surface area contributed by atoms with Crippen LogP contribution in [0.1, 0.15) is 28.7 Å². The van der Waals surface area contributed by atoms with Gasteiger partial charge in [-0.05, 0) is 73.4 Å². The Morgan fingerprint density at radius 1 is 1.08 bits per heavy atom. The Bertz CT molecular complexity index is 1450. The van der Waals surface area contributed by atoms with E-state index in [1.165, 1.54) is 17.0 Å². The number of hydrogen-bond acceptors (Lipinski definition) is 4. The van der Waals surface area contributed by atoms with E-state index in [4.69, 9.17) is 28.2 Å². The average Bonchev–Trinajstić information content (AvgIpc) is 3.14. The first kappa shape index (κ1) is 29.0. The van der Waals surface area contributed by atoms with Crippen LogP contribution in [0.5, 0.6) is 0 Å². The summed E-state index contributed by atoms with van der Waals surface area (Å²) >= 11 is 13.5. The van der Waals surface area contributed by atoms with Crippen LogP contribution in [0.25, 0.3) is 0 Å². The van der Waals surface area contributed by atoms with Crippen LogP contribution in [0.2, 0.25) is 10.0 Å². The third kappa shape index (κ3) is 7.15. The van der Waals surface area contributed by atoms with Gasteiger partial charge in [-0.1, -0.05) is 59.2 Å². The molecule has 204 valence electrons. The first-order valence-electron chi connectivity index (χ1n) is 12.0. The lowest BCUT2D eigenvalue weighted by molar-refractivity contribution is -0.137. The van der Waals surface area contributed by atoms with E-state index >= 15 is 0 Å². The molecule has 5 nitrogen and oxygen atoms in total. The molecule has 1 heterocycles. The smallest absolute Gasteiger partial charge is 0.326 e. The van der Waals surface area contributed by atoms with Gasteiger partial charge in [0.05, 0.1) is 11.3 Å². The maximum absolute atomic E-state index is 13.4. The molecule has 1 N–H and O–H groups in total. The summed E-state index contributed by atoms with van der Waals surface area (Å²) in [6, 6.07) is 15.2. The zero-order chi connectivity index (χ0) is 28.3. The van der Waals surface area contributed by atoms with Crippen molar-refractivity contribution in [3.05, 3.63) is 93.0 Å². The molecule has 0 unspecified atom stereocenters.